The fraction of sp³-hybridized carbons (Fsp3) is 0. The molecule has 0 aliphatic heterocycles. The predicted octanol–water partition coefficient (Wildman–Crippen LogP) is 0.281. The van der Waals surface area contributed by atoms with Crippen LogP contribution in [-0.4, -0.2) is 31.2 Å². The van der Waals surface area contributed by atoms with Crippen LogP contribution < -0.4 is 15.9 Å². The third kappa shape index (κ3) is 1.85. The Morgan fingerprint density at radius 1 is 1.27 bits per heavy atom. The van der Waals surface area contributed by atoms with E-state index >= 15 is 0 Å². The highest BCUT2D eigenvalue weighted by molar-refractivity contribution is 6.02. The molecule has 0 atom stereocenters. The molecule has 1 aliphatic rings. The lowest BCUT2D eigenvalue weighted by Gasteiger charge is -2.06. The van der Waals surface area contributed by atoms with Gasteiger partial charge in [-0.15, -0.1) is 0 Å². The van der Waals surface area contributed by atoms with Gasteiger partial charge in [0.25, 0.3) is 0 Å². The number of nitrogens with zero attached hydrogens (tertiary/aromatic N) is 3. The number of carbonyl (C=O) groups is 1. The number of rotatable bonds is 3. The summed E-state index contributed by atoms with van der Waals surface area (Å²) < 4.78 is 0. The maximum atomic E-state index is 11.1. The summed E-state index contributed by atoms with van der Waals surface area (Å²) in [5.74, 6) is 0.266. The van der Waals surface area contributed by atoms with Crippen LogP contribution in [0, 0.1) is 0 Å². The van der Waals surface area contributed by atoms with Crippen LogP contribution in [0.1, 0.15) is 0 Å². The smallest absolute Gasteiger partial charge is 0.343 e. The molecular weight excluding hydrogens is 282 g/mol. The second-order valence-electron chi connectivity index (χ2n) is 4.73. The van der Waals surface area contributed by atoms with Crippen molar-refractivity contribution in [2.24, 2.45) is 0 Å². The summed E-state index contributed by atoms with van der Waals surface area (Å²) in [7, 11) is 0. The number of aliphatic carboxylic acids is 1. The minimum Gasteiger partial charge on any atom is -0.477 e. The first-order valence-electron chi connectivity index (χ1n) is 6.48. The molecule has 0 spiro atoms. The van der Waals surface area contributed by atoms with Gasteiger partial charge in [-0.1, -0.05) is 5.73 Å². The number of aromatic nitrogens is 4. The molecule has 3 aromatic rings. The number of anilines is 2. The van der Waals surface area contributed by atoms with E-state index in [-0.39, 0.29) is 5.57 Å². The van der Waals surface area contributed by atoms with Crippen molar-refractivity contribution in [1.82, 2.24) is 20.2 Å². The van der Waals surface area contributed by atoms with E-state index in [2.05, 4.69) is 31.2 Å². The minimum atomic E-state index is -1.03. The van der Waals surface area contributed by atoms with Gasteiger partial charge in [0.1, 0.15) is 17.2 Å². The Kier molecular flexibility index (Phi) is 2.54. The number of hydrogen-bond acceptors (Lipinski definition) is 5. The molecule has 7 heteroatoms. The van der Waals surface area contributed by atoms with E-state index in [1.54, 1.807) is 24.7 Å². The molecule has 0 unspecified atom stereocenters. The van der Waals surface area contributed by atoms with Crippen LogP contribution in [-0.2, 0) is 4.79 Å². The number of aromatic amines is 1. The molecule has 0 aromatic carbocycles. The van der Waals surface area contributed by atoms with Crippen LogP contribution in [0.3, 0.4) is 0 Å². The lowest BCUT2D eigenvalue weighted by molar-refractivity contribution is -0.132. The third-order valence-electron chi connectivity index (χ3n) is 3.36. The fourth-order valence-corrected chi connectivity index (χ4v) is 2.38. The average molecular weight is 291 g/mol. The first-order chi connectivity index (χ1) is 10.7. The van der Waals surface area contributed by atoms with E-state index in [4.69, 9.17) is 5.11 Å². The number of carboxylic acids is 1. The van der Waals surface area contributed by atoms with E-state index in [9.17, 15) is 4.79 Å². The number of H-pyrrole nitrogens is 1. The number of hydrogen-bond donors (Lipinski definition) is 3. The van der Waals surface area contributed by atoms with Crippen LogP contribution >= 0.6 is 0 Å². The molecule has 0 bridgehead atoms. The van der Waals surface area contributed by atoms with Gasteiger partial charge in [0, 0.05) is 29.2 Å². The van der Waals surface area contributed by atoms with Gasteiger partial charge >= 0.3 is 5.97 Å². The van der Waals surface area contributed by atoms with Crippen LogP contribution in [0.15, 0.2) is 36.3 Å². The first kappa shape index (κ1) is 12.3. The Balaban J connectivity index is 2.02. The Hall–Kier alpha value is -3.44. The second kappa shape index (κ2) is 4.54. The summed E-state index contributed by atoms with van der Waals surface area (Å²) >= 11 is 0. The largest absolute Gasteiger partial charge is 0.477 e. The molecule has 3 N–H and O–H groups in total. The Morgan fingerprint density at radius 3 is 2.95 bits per heavy atom. The van der Waals surface area contributed by atoms with E-state index < -0.39 is 5.97 Å². The van der Waals surface area contributed by atoms with Crippen molar-refractivity contribution in [1.29, 1.82) is 0 Å². The van der Waals surface area contributed by atoms with Gasteiger partial charge in [-0.05, 0) is 12.1 Å². The Bertz CT molecular complexity index is 1060. The summed E-state index contributed by atoms with van der Waals surface area (Å²) in [5, 5.41) is 21.8. The number of nitrogens with one attached hydrogen (secondary N) is 2. The molecule has 0 amide bonds. The van der Waals surface area contributed by atoms with Gasteiger partial charge < -0.3 is 10.4 Å². The summed E-state index contributed by atoms with van der Waals surface area (Å²) in [5.41, 5.74) is 2.96. The van der Waals surface area contributed by atoms with Gasteiger partial charge in [-0.2, -0.15) is 5.10 Å². The number of fused-ring (bicyclic) bond motifs is 3. The van der Waals surface area contributed by atoms with Crippen molar-refractivity contribution >= 4 is 40.2 Å². The maximum absolute atomic E-state index is 11.1. The summed E-state index contributed by atoms with van der Waals surface area (Å²) in [6, 6.07) is 3.60. The number of pyridine rings is 2. The second-order valence-corrected chi connectivity index (χ2v) is 4.73. The molecule has 3 aromatic heterocycles. The lowest BCUT2D eigenvalue weighted by Crippen LogP contribution is -2.27. The zero-order valence-electron chi connectivity index (χ0n) is 11.2. The molecule has 1 aliphatic carbocycles. The predicted molar refractivity (Wildman–Crippen MR) is 79.7 cm³/mol. The Morgan fingerprint density at radius 2 is 2.18 bits per heavy atom. The van der Waals surface area contributed by atoms with Crippen molar-refractivity contribution in [3.8, 4) is 0 Å². The van der Waals surface area contributed by atoms with Crippen LogP contribution in [0.4, 0.5) is 11.6 Å². The Labute approximate surface area is 123 Å². The van der Waals surface area contributed by atoms with Crippen molar-refractivity contribution in [3.63, 3.8) is 0 Å². The standard InChI is InChI=1S/C15H9N5O2/c21-15(22)8-5-10-11-7-16-3-1-9(11)14(18-12(10)6-8)19-13-2-4-17-20-13/h1-4,6-7H,(H,21,22)(H2,17,18,19,20). The van der Waals surface area contributed by atoms with Crippen molar-refractivity contribution in [3.05, 3.63) is 46.9 Å². The quantitative estimate of drug-likeness (QED) is 0.640. The molecule has 4 rings (SSSR count). The first-order valence-corrected chi connectivity index (χ1v) is 6.48. The van der Waals surface area contributed by atoms with Gasteiger partial charge in [-0.3, -0.25) is 10.1 Å². The molecule has 22 heavy (non-hydrogen) atoms. The summed E-state index contributed by atoms with van der Waals surface area (Å²) in [6.07, 6.45) is 6.47. The van der Waals surface area contributed by atoms with Crippen molar-refractivity contribution in [2.75, 3.05) is 5.32 Å². The molecule has 106 valence electrons. The zero-order valence-corrected chi connectivity index (χ0v) is 11.2. The van der Waals surface area contributed by atoms with Crippen LogP contribution in [0.2, 0.25) is 0 Å². The lowest BCUT2D eigenvalue weighted by atomic mass is 10.2. The van der Waals surface area contributed by atoms with E-state index in [1.807, 2.05) is 6.07 Å². The monoisotopic (exact) mass is 291 g/mol. The molecule has 0 fully saturated rings. The van der Waals surface area contributed by atoms with Gasteiger partial charge in [-0.25, -0.2) is 9.78 Å². The van der Waals surface area contributed by atoms with Crippen molar-refractivity contribution < 1.29 is 9.90 Å². The third-order valence-corrected chi connectivity index (χ3v) is 3.36. The summed E-state index contributed by atoms with van der Waals surface area (Å²) in [4.78, 5) is 19.8. The highest BCUT2D eigenvalue weighted by atomic mass is 16.4. The highest BCUT2D eigenvalue weighted by Gasteiger charge is 2.13. The number of carboxylic acid groups (broad SMARTS) is 1. The SMILES string of the molecule is O=C(O)C1=C=c2c(nc(Nc3ccn[nH]3)c3ccncc23)=C1. The minimum absolute atomic E-state index is 0.0892. The van der Waals surface area contributed by atoms with Crippen LogP contribution in [0.5, 0.6) is 0 Å². The average Bonchev–Trinajstić information content (AvgIpc) is 3.16. The van der Waals surface area contributed by atoms with E-state index in [1.165, 1.54) is 6.08 Å². The van der Waals surface area contributed by atoms with Crippen molar-refractivity contribution in [2.45, 2.75) is 0 Å². The van der Waals surface area contributed by atoms with E-state index in [0.717, 1.165) is 10.8 Å². The van der Waals surface area contributed by atoms with Gasteiger partial charge in [0.2, 0.25) is 0 Å². The van der Waals surface area contributed by atoms with Crippen LogP contribution in [0.25, 0.3) is 22.6 Å². The molecule has 0 radical (unpaired) electrons. The molecule has 3 heterocycles. The van der Waals surface area contributed by atoms with Gasteiger partial charge in [0.15, 0.2) is 0 Å². The molecule has 7 nitrogen and oxygen atoms in total. The molecule has 0 saturated heterocycles. The molecule has 0 saturated carbocycles. The van der Waals surface area contributed by atoms with E-state index in [0.29, 0.717) is 22.2 Å². The summed E-state index contributed by atoms with van der Waals surface area (Å²) in [6.45, 7) is 0. The van der Waals surface area contributed by atoms with Gasteiger partial charge in [0.05, 0.1) is 16.8 Å². The maximum Gasteiger partial charge on any atom is 0.343 e. The zero-order chi connectivity index (χ0) is 15.1. The topological polar surface area (TPSA) is 104 Å². The molecular formula is C15H9N5O2. The highest BCUT2D eigenvalue weighted by Crippen LogP contribution is 2.19. The normalized spacial score (nSPS) is 12.3. The fourth-order valence-electron chi connectivity index (χ4n) is 2.38.